The first-order valence-electron chi connectivity index (χ1n) is 7.69. The van der Waals surface area contributed by atoms with Crippen LogP contribution in [0, 0.1) is 0 Å². The van der Waals surface area contributed by atoms with Gasteiger partial charge in [0, 0.05) is 10.8 Å². The maximum absolute atomic E-state index is 10.5. The quantitative estimate of drug-likeness (QED) is 0.395. The minimum absolute atomic E-state index is 0. The van der Waals surface area contributed by atoms with Crippen molar-refractivity contribution in [3.8, 4) is 0 Å². The zero-order valence-electron chi connectivity index (χ0n) is 14.0. The number of hydrogen-bond donors (Lipinski definition) is 0. The fourth-order valence-electron chi connectivity index (χ4n) is 2.36. The average molecular weight is 495 g/mol. The van der Waals surface area contributed by atoms with Crippen LogP contribution >= 0.6 is 0 Å². The maximum atomic E-state index is 10.5. The Morgan fingerprint density at radius 2 is 0.931 bits per heavy atom. The molecule has 0 bridgehead atoms. The van der Waals surface area contributed by atoms with Crippen molar-refractivity contribution in [2.45, 2.75) is 14.9 Å². The van der Waals surface area contributed by atoms with E-state index in [1.54, 1.807) is 24.3 Å². The van der Waals surface area contributed by atoms with Gasteiger partial charge in [0.25, 0.3) is 0 Å². The van der Waals surface area contributed by atoms with E-state index in [2.05, 4.69) is 9.97 Å². The van der Waals surface area contributed by atoms with Gasteiger partial charge in [-0.1, -0.05) is 63.4 Å². The maximum Gasteiger partial charge on any atom is 2.00 e. The molecule has 7 heteroatoms. The fraction of sp³-hybridized carbons (Fsp3) is 0.0909. The van der Waals surface area contributed by atoms with E-state index >= 15 is 0 Å². The summed E-state index contributed by atoms with van der Waals surface area (Å²) >= 11 is 0. The number of nitrogens with zero attached hydrogens (tertiary/aromatic N) is 2. The van der Waals surface area contributed by atoms with Crippen molar-refractivity contribution in [2.24, 2.45) is 0 Å². The molecule has 2 radical (unpaired) electrons. The van der Waals surface area contributed by atoms with Gasteiger partial charge in [-0.25, -0.2) is 9.97 Å². The Morgan fingerprint density at radius 1 is 0.586 bits per heavy atom. The zero-order chi connectivity index (χ0) is 18.5. The second-order valence-corrected chi connectivity index (χ2v) is 5.35. The number of hydrogen-bond acceptors (Lipinski definition) is 6. The first-order valence-corrected chi connectivity index (χ1v) is 7.69. The molecule has 2 heterocycles. The summed E-state index contributed by atoms with van der Waals surface area (Å²) in [5.41, 5.74) is 1.28. The van der Waals surface area contributed by atoms with Crippen LogP contribution in [0.2, 0.25) is 0 Å². The number of aromatic nitrogens is 2. The minimum Gasteiger partial charge on any atom is -0.543 e. The van der Waals surface area contributed by atoms with Gasteiger partial charge >= 0.3 is 23.9 Å². The Balaban J connectivity index is 0.000000490. The van der Waals surface area contributed by atoms with E-state index in [1.165, 1.54) is 12.1 Å². The van der Waals surface area contributed by atoms with Crippen LogP contribution < -0.4 is 10.2 Å². The topological polar surface area (TPSA) is 106 Å². The number of carboxylic acids is 2. The number of carbonyl (C=O) groups is 2. The predicted molar refractivity (Wildman–Crippen MR) is 111 cm³/mol. The summed E-state index contributed by atoms with van der Waals surface area (Å²) in [4.78, 5) is 28.8. The number of aromatic carboxylic acids is 2. The van der Waals surface area contributed by atoms with Crippen LogP contribution in [-0.2, 0) is 0 Å². The molecule has 0 aliphatic carbocycles. The molecular weight excluding hydrogens is 475 g/mol. The summed E-state index contributed by atoms with van der Waals surface area (Å²) in [5.74, 6) is -2.49. The number of pyridine rings is 2. The third-order valence-electron chi connectivity index (χ3n) is 3.62. The van der Waals surface area contributed by atoms with E-state index in [-0.39, 0.29) is 50.1 Å². The first kappa shape index (κ1) is 26.0. The second-order valence-electron chi connectivity index (χ2n) is 5.35. The molecule has 146 valence electrons. The first-order chi connectivity index (χ1) is 12.5. The summed E-state index contributed by atoms with van der Waals surface area (Å²) in [6.45, 7) is 0. The Bertz CT molecular complexity index is 1030. The molecule has 29 heavy (non-hydrogen) atoms. The molecule has 0 amide bonds. The van der Waals surface area contributed by atoms with Crippen molar-refractivity contribution in [3.63, 3.8) is 0 Å². The molecule has 0 aliphatic rings. The van der Waals surface area contributed by atoms with Gasteiger partial charge in [0.1, 0.15) is 0 Å². The van der Waals surface area contributed by atoms with Gasteiger partial charge in [-0.3, -0.25) is 0 Å². The van der Waals surface area contributed by atoms with E-state index in [4.69, 9.17) is 0 Å². The van der Waals surface area contributed by atoms with E-state index in [9.17, 15) is 19.8 Å². The van der Waals surface area contributed by atoms with Gasteiger partial charge < -0.3 is 19.8 Å². The minimum atomic E-state index is -1.24. The average Bonchev–Trinajstić information content (AvgIpc) is 2.67. The Kier molecular flexibility index (Phi) is 10.5. The predicted octanol–water partition coefficient (Wildman–Crippen LogP) is 2.09. The number of carbonyl (C=O) groups excluding carboxylic acids is 2. The molecule has 0 saturated heterocycles. The smallest absolute Gasteiger partial charge is 0.543 e. The van der Waals surface area contributed by atoms with Crippen LogP contribution in [0.5, 0.6) is 0 Å². The monoisotopic (exact) mass is 496 g/mol. The third kappa shape index (κ3) is 6.53. The molecule has 0 spiro atoms. The van der Waals surface area contributed by atoms with Gasteiger partial charge in [0.15, 0.2) is 0 Å². The van der Waals surface area contributed by atoms with Crippen LogP contribution in [-0.4, -0.2) is 45.8 Å². The normalized spacial score (nSPS) is 9.10. The van der Waals surface area contributed by atoms with Crippen molar-refractivity contribution < 1.29 is 19.8 Å². The number of para-hydroxylation sites is 2. The molecule has 6 nitrogen and oxygen atoms in total. The summed E-state index contributed by atoms with van der Waals surface area (Å²) in [6, 6.07) is 21.0. The van der Waals surface area contributed by atoms with Crippen LogP contribution in [0.15, 0.2) is 72.8 Å². The largest absolute Gasteiger partial charge is 2.00 e. The van der Waals surface area contributed by atoms with E-state index in [0.717, 1.165) is 10.8 Å². The number of rotatable bonds is 2. The fourth-order valence-corrected chi connectivity index (χ4v) is 2.36. The number of benzene rings is 2. The van der Waals surface area contributed by atoms with Gasteiger partial charge in [0.05, 0.1) is 34.4 Å². The Labute approximate surface area is 186 Å². The molecule has 0 atom stereocenters. The van der Waals surface area contributed by atoms with Crippen LogP contribution in [0.4, 0.5) is 0 Å². The van der Waals surface area contributed by atoms with Crippen molar-refractivity contribution >= 4 is 57.7 Å². The van der Waals surface area contributed by atoms with Crippen LogP contribution in [0.1, 0.15) is 35.8 Å². The SMILES string of the molecule is C.C.O=C([O-])c1ccc2ccccc2n1.O=C([O-])c1ccc2ccccc2n1.[Sn+2]. The van der Waals surface area contributed by atoms with E-state index in [1.807, 2.05) is 36.4 Å². The summed E-state index contributed by atoms with van der Waals surface area (Å²) in [7, 11) is 0. The molecule has 0 unspecified atom stereocenters. The summed E-state index contributed by atoms with van der Waals surface area (Å²) < 4.78 is 0. The number of carboxylic acid groups (broad SMARTS) is 2. The summed E-state index contributed by atoms with van der Waals surface area (Å²) in [6.07, 6.45) is 0. The van der Waals surface area contributed by atoms with Crippen molar-refractivity contribution in [1.82, 2.24) is 9.97 Å². The molecule has 0 aliphatic heterocycles. The van der Waals surface area contributed by atoms with Crippen molar-refractivity contribution in [1.29, 1.82) is 0 Å². The molecule has 4 aromatic rings. The van der Waals surface area contributed by atoms with Gasteiger partial charge in [-0.15, -0.1) is 0 Å². The van der Waals surface area contributed by atoms with Gasteiger partial charge in [0.2, 0.25) is 0 Å². The molecule has 2 aromatic carbocycles. The second kappa shape index (κ2) is 11.8. The standard InChI is InChI=1S/2C10H7NO2.2CH4.Sn/c2*12-10(13)9-6-5-7-3-1-2-4-8(7)11-9;;;/h2*1-6H,(H,12,13);2*1H4;/q;;;;+2/p-2. The summed E-state index contributed by atoms with van der Waals surface area (Å²) in [5, 5.41) is 22.8. The Hall–Kier alpha value is -3.00. The molecular formula is C22H20N2O4Sn. The van der Waals surface area contributed by atoms with E-state index in [0.29, 0.717) is 11.0 Å². The molecule has 2 aromatic heterocycles. The zero-order valence-corrected chi connectivity index (χ0v) is 16.8. The molecule has 0 fully saturated rings. The van der Waals surface area contributed by atoms with Crippen LogP contribution in [0.25, 0.3) is 21.8 Å². The molecule has 0 saturated carbocycles. The van der Waals surface area contributed by atoms with Crippen LogP contribution in [0.3, 0.4) is 0 Å². The number of fused-ring (bicyclic) bond motifs is 2. The molecule has 4 rings (SSSR count). The van der Waals surface area contributed by atoms with Gasteiger partial charge in [-0.2, -0.15) is 0 Å². The Morgan fingerprint density at radius 3 is 1.28 bits per heavy atom. The van der Waals surface area contributed by atoms with Gasteiger partial charge in [-0.05, 0) is 24.3 Å². The van der Waals surface area contributed by atoms with E-state index < -0.39 is 11.9 Å². The van der Waals surface area contributed by atoms with Crippen molar-refractivity contribution in [2.75, 3.05) is 0 Å². The van der Waals surface area contributed by atoms with Crippen molar-refractivity contribution in [3.05, 3.63) is 84.2 Å². The third-order valence-corrected chi connectivity index (χ3v) is 3.62. The molecule has 0 N–H and O–H groups in total.